The first-order valence-corrected chi connectivity index (χ1v) is 9.49. The van der Waals surface area contributed by atoms with Crippen LogP contribution in [-0.4, -0.2) is 18.9 Å². The largest absolute Gasteiger partial charge is 0.497 e. The number of methoxy groups -OCH3 is 1. The molecule has 0 saturated heterocycles. The van der Waals surface area contributed by atoms with Gasteiger partial charge in [0.15, 0.2) is 5.76 Å². The van der Waals surface area contributed by atoms with Crippen molar-refractivity contribution in [3.63, 3.8) is 0 Å². The molecule has 0 aliphatic rings. The molecule has 4 rings (SSSR count). The van der Waals surface area contributed by atoms with Gasteiger partial charge in [-0.25, -0.2) is 4.39 Å². The van der Waals surface area contributed by atoms with Crippen molar-refractivity contribution in [2.24, 2.45) is 5.73 Å². The summed E-state index contributed by atoms with van der Waals surface area (Å²) in [5.74, 6) is -0.872. The molecule has 0 saturated carbocycles. The van der Waals surface area contributed by atoms with E-state index in [0.29, 0.717) is 18.6 Å². The lowest BCUT2D eigenvalue weighted by atomic mass is 10.1. The van der Waals surface area contributed by atoms with Gasteiger partial charge in [-0.1, -0.05) is 12.1 Å². The summed E-state index contributed by atoms with van der Waals surface area (Å²) in [6.45, 7) is 0. The molecule has 0 aliphatic heterocycles. The van der Waals surface area contributed by atoms with Crippen LogP contribution in [0.4, 0.5) is 10.1 Å². The number of furan rings is 2. The summed E-state index contributed by atoms with van der Waals surface area (Å²) in [5, 5.41) is 2.78. The zero-order valence-electron chi connectivity index (χ0n) is 16.6. The van der Waals surface area contributed by atoms with Crippen molar-refractivity contribution in [2.75, 3.05) is 12.4 Å². The van der Waals surface area contributed by atoms with E-state index in [0.717, 1.165) is 17.4 Å². The lowest BCUT2D eigenvalue weighted by Crippen LogP contribution is -2.16. The van der Waals surface area contributed by atoms with Gasteiger partial charge in [0.2, 0.25) is 5.76 Å². The number of anilines is 1. The number of carbonyl (C=O) groups is 2. The van der Waals surface area contributed by atoms with E-state index in [4.69, 9.17) is 19.3 Å². The maximum atomic E-state index is 13.7. The van der Waals surface area contributed by atoms with Crippen LogP contribution in [0.5, 0.6) is 5.75 Å². The van der Waals surface area contributed by atoms with Crippen LogP contribution in [0.3, 0.4) is 0 Å². The SMILES string of the molecule is COc1cccc(CCc2ccc(C(=O)Nc3c(C(N)=O)oc4ccc(F)cc34)o2)c1. The second-order valence-corrected chi connectivity index (χ2v) is 6.88. The van der Waals surface area contributed by atoms with Crippen LogP contribution >= 0.6 is 0 Å². The molecule has 4 aromatic rings. The third-order valence-electron chi connectivity index (χ3n) is 4.79. The molecular formula is C23H19FN2O5. The van der Waals surface area contributed by atoms with E-state index in [9.17, 15) is 14.0 Å². The number of rotatable bonds is 7. The highest BCUT2D eigenvalue weighted by molar-refractivity contribution is 6.13. The van der Waals surface area contributed by atoms with Crippen molar-refractivity contribution in [2.45, 2.75) is 12.8 Å². The summed E-state index contributed by atoms with van der Waals surface area (Å²) >= 11 is 0. The Bertz CT molecular complexity index is 1270. The van der Waals surface area contributed by atoms with E-state index < -0.39 is 17.6 Å². The molecule has 0 aliphatic carbocycles. The van der Waals surface area contributed by atoms with Crippen molar-refractivity contribution in [3.05, 3.63) is 83.3 Å². The van der Waals surface area contributed by atoms with Gasteiger partial charge in [0.05, 0.1) is 7.11 Å². The molecule has 31 heavy (non-hydrogen) atoms. The predicted molar refractivity (Wildman–Crippen MR) is 112 cm³/mol. The average Bonchev–Trinajstić information content (AvgIpc) is 3.37. The van der Waals surface area contributed by atoms with E-state index in [-0.39, 0.29) is 28.2 Å². The maximum absolute atomic E-state index is 13.7. The second-order valence-electron chi connectivity index (χ2n) is 6.88. The number of hydrogen-bond acceptors (Lipinski definition) is 5. The Morgan fingerprint density at radius 3 is 2.68 bits per heavy atom. The molecule has 8 heteroatoms. The minimum absolute atomic E-state index is 0.00123. The first-order chi connectivity index (χ1) is 14.9. The molecule has 7 nitrogen and oxygen atoms in total. The van der Waals surface area contributed by atoms with Gasteiger partial charge in [-0.2, -0.15) is 0 Å². The zero-order chi connectivity index (χ0) is 22.0. The summed E-state index contributed by atoms with van der Waals surface area (Å²) in [4.78, 5) is 24.4. The molecular weight excluding hydrogens is 403 g/mol. The fraction of sp³-hybridized carbons (Fsp3) is 0.130. The lowest BCUT2D eigenvalue weighted by molar-refractivity contribution is 0.0977. The Morgan fingerprint density at radius 1 is 1.06 bits per heavy atom. The molecule has 2 heterocycles. The molecule has 2 aromatic carbocycles. The summed E-state index contributed by atoms with van der Waals surface area (Å²) < 4.78 is 29.9. The van der Waals surface area contributed by atoms with Crippen LogP contribution in [0.2, 0.25) is 0 Å². The van der Waals surface area contributed by atoms with Gasteiger partial charge < -0.3 is 24.6 Å². The molecule has 2 aromatic heterocycles. The minimum atomic E-state index is -0.884. The number of halogens is 1. The summed E-state index contributed by atoms with van der Waals surface area (Å²) in [6.07, 6.45) is 1.27. The summed E-state index contributed by atoms with van der Waals surface area (Å²) in [6, 6.07) is 14.6. The minimum Gasteiger partial charge on any atom is -0.497 e. The van der Waals surface area contributed by atoms with Gasteiger partial charge in [0, 0.05) is 11.8 Å². The van der Waals surface area contributed by atoms with Crippen molar-refractivity contribution >= 4 is 28.5 Å². The van der Waals surface area contributed by atoms with Gasteiger partial charge in [-0.05, 0) is 54.4 Å². The number of ether oxygens (including phenoxy) is 1. The van der Waals surface area contributed by atoms with Crippen LogP contribution in [0.25, 0.3) is 11.0 Å². The Kier molecular flexibility index (Phi) is 5.44. The van der Waals surface area contributed by atoms with Gasteiger partial charge in [-0.15, -0.1) is 0 Å². The first-order valence-electron chi connectivity index (χ1n) is 9.49. The number of fused-ring (bicyclic) bond motifs is 1. The number of aryl methyl sites for hydroxylation is 2. The van der Waals surface area contributed by atoms with Crippen molar-refractivity contribution in [1.82, 2.24) is 0 Å². The third-order valence-corrected chi connectivity index (χ3v) is 4.79. The number of nitrogens with one attached hydrogen (secondary N) is 1. The predicted octanol–water partition coefficient (Wildman–Crippen LogP) is 4.31. The van der Waals surface area contributed by atoms with Crippen molar-refractivity contribution in [3.8, 4) is 5.75 Å². The quantitative estimate of drug-likeness (QED) is 0.461. The molecule has 158 valence electrons. The number of benzene rings is 2. The molecule has 0 fully saturated rings. The van der Waals surface area contributed by atoms with E-state index in [1.54, 1.807) is 13.2 Å². The fourth-order valence-corrected chi connectivity index (χ4v) is 3.27. The van der Waals surface area contributed by atoms with Gasteiger partial charge in [0.25, 0.3) is 11.8 Å². The van der Waals surface area contributed by atoms with Gasteiger partial charge in [-0.3, -0.25) is 9.59 Å². The Balaban J connectivity index is 1.51. The average molecular weight is 422 g/mol. The van der Waals surface area contributed by atoms with Gasteiger partial charge >= 0.3 is 0 Å². The van der Waals surface area contributed by atoms with E-state index >= 15 is 0 Å². The molecule has 0 atom stereocenters. The maximum Gasteiger partial charge on any atom is 0.291 e. The van der Waals surface area contributed by atoms with Crippen LogP contribution in [0.1, 0.15) is 32.4 Å². The highest BCUT2D eigenvalue weighted by atomic mass is 19.1. The topological polar surface area (TPSA) is 108 Å². The fourth-order valence-electron chi connectivity index (χ4n) is 3.27. The summed E-state index contributed by atoms with van der Waals surface area (Å²) in [7, 11) is 1.61. The Morgan fingerprint density at radius 2 is 1.90 bits per heavy atom. The number of carbonyl (C=O) groups excluding carboxylic acids is 2. The number of amides is 2. The van der Waals surface area contributed by atoms with E-state index in [1.807, 2.05) is 24.3 Å². The van der Waals surface area contributed by atoms with Crippen molar-refractivity contribution in [1.29, 1.82) is 0 Å². The zero-order valence-corrected chi connectivity index (χ0v) is 16.6. The first kappa shape index (κ1) is 20.2. The van der Waals surface area contributed by atoms with Crippen LogP contribution < -0.4 is 15.8 Å². The van der Waals surface area contributed by atoms with E-state index in [1.165, 1.54) is 18.2 Å². The third kappa shape index (κ3) is 4.28. The molecule has 0 unspecified atom stereocenters. The van der Waals surface area contributed by atoms with Crippen LogP contribution in [0, 0.1) is 5.82 Å². The molecule has 0 spiro atoms. The number of nitrogens with two attached hydrogens (primary N) is 1. The Hall–Kier alpha value is -4.07. The van der Waals surface area contributed by atoms with Crippen LogP contribution in [-0.2, 0) is 12.8 Å². The van der Waals surface area contributed by atoms with Crippen molar-refractivity contribution < 1.29 is 27.6 Å². The number of hydrogen-bond donors (Lipinski definition) is 2. The monoisotopic (exact) mass is 422 g/mol. The Labute approximate surface area is 176 Å². The molecule has 0 bridgehead atoms. The molecule has 3 N–H and O–H groups in total. The van der Waals surface area contributed by atoms with Crippen LogP contribution in [0.15, 0.2) is 63.4 Å². The molecule has 0 radical (unpaired) electrons. The molecule has 2 amide bonds. The smallest absolute Gasteiger partial charge is 0.291 e. The normalized spacial score (nSPS) is 10.9. The van der Waals surface area contributed by atoms with E-state index in [2.05, 4.69) is 5.32 Å². The lowest BCUT2D eigenvalue weighted by Gasteiger charge is -2.04. The highest BCUT2D eigenvalue weighted by Crippen LogP contribution is 2.32. The highest BCUT2D eigenvalue weighted by Gasteiger charge is 2.22. The summed E-state index contributed by atoms with van der Waals surface area (Å²) in [5.41, 5.74) is 6.64. The standard InChI is InChI=1S/C23H19FN2O5/c1-29-16-4-2-3-13(11-16)5-7-15-8-10-19(30-15)23(28)26-20-17-12-14(24)6-9-18(17)31-21(20)22(25)27/h2-4,6,8-12H,5,7H2,1H3,(H2,25,27)(H,26,28). The van der Waals surface area contributed by atoms with Gasteiger partial charge in [0.1, 0.15) is 28.6 Å². The number of primary amides is 1. The second kappa shape index (κ2) is 8.35.